The molecule has 0 aliphatic carbocycles. The van der Waals surface area contributed by atoms with E-state index in [1.54, 1.807) is 0 Å². The Morgan fingerprint density at radius 1 is 1.33 bits per heavy atom. The van der Waals surface area contributed by atoms with E-state index in [2.05, 4.69) is 19.1 Å². The van der Waals surface area contributed by atoms with Crippen LogP contribution in [-0.2, 0) is 26.2 Å². The molecule has 0 bridgehead atoms. The fraction of sp³-hybridized carbons (Fsp3) is 0.167. The first-order valence-electron chi connectivity index (χ1n) is 2.08. The van der Waals surface area contributed by atoms with Gasteiger partial charge in [-0.2, -0.15) is 18.2 Å². The molecule has 0 radical (unpaired) electrons. The normalized spacial score (nSPS) is 5.89. The van der Waals surface area contributed by atoms with Crippen LogP contribution in [0.4, 0.5) is 0 Å². The first kappa shape index (κ1) is 16.4. The van der Waals surface area contributed by atoms with Crippen molar-refractivity contribution in [3.63, 3.8) is 0 Å². The van der Waals surface area contributed by atoms with Gasteiger partial charge >= 0.3 is 0 Å². The summed E-state index contributed by atoms with van der Waals surface area (Å²) < 4.78 is 0. The van der Waals surface area contributed by atoms with Crippen molar-refractivity contribution in [1.29, 1.82) is 0 Å². The van der Waals surface area contributed by atoms with Gasteiger partial charge in [0.1, 0.15) is 0 Å². The fourth-order valence-corrected chi connectivity index (χ4v) is 0.470. The zero-order valence-electron chi connectivity index (χ0n) is 5.13. The molecule has 0 fully saturated rings. The summed E-state index contributed by atoms with van der Waals surface area (Å²) in [6, 6.07) is 8.24. The fourth-order valence-electron chi connectivity index (χ4n) is 0.470. The van der Waals surface area contributed by atoms with Gasteiger partial charge < -0.3 is 0 Å². The Morgan fingerprint density at radius 3 is 2.00 bits per heavy atom. The average Bonchev–Trinajstić information content (AvgIpc) is 1.86. The summed E-state index contributed by atoms with van der Waals surface area (Å²) in [7, 11) is 0. The van der Waals surface area contributed by atoms with Crippen molar-refractivity contribution >= 4 is 24.8 Å². The third kappa shape index (κ3) is 6.70. The Labute approximate surface area is 87.3 Å². The second-order valence-electron chi connectivity index (χ2n) is 1.46. The smallest absolute Gasteiger partial charge is 0 e. The number of hydrogen-bond acceptors (Lipinski definition) is 0. The molecule has 3 heteroatoms. The Balaban J connectivity index is -0.000000120. The van der Waals surface area contributed by atoms with Gasteiger partial charge in [-0.3, -0.25) is 0 Å². The molecule has 1 aromatic carbocycles. The predicted octanol–water partition coefficient (Wildman–Crippen LogP) is 2.56. The third-order valence-electron chi connectivity index (χ3n) is 0.829. The molecule has 0 aromatic heterocycles. The molecular weight excluding hydrogens is 234 g/mol. The molecule has 0 heterocycles. The van der Waals surface area contributed by atoms with Gasteiger partial charge in [-0.15, -0.1) is 24.8 Å². The zero-order valence-corrected chi connectivity index (χ0v) is 9.22. The molecule has 0 aliphatic heterocycles. The number of hydrogen-bond donors (Lipinski definition) is 0. The summed E-state index contributed by atoms with van der Waals surface area (Å²) in [4.78, 5) is 0. The van der Waals surface area contributed by atoms with Crippen LogP contribution in [0.3, 0.4) is 0 Å². The molecule has 9 heavy (non-hydrogen) atoms. The van der Waals surface area contributed by atoms with E-state index >= 15 is 0 Å². The van der Waals surface area contributed by atoms with Crippen molar-refractivity contribution in [3.05, 3.63) is 29.8 Å². The van der Waals surface area contributed by atoms with E-state index < -0.39 is 0 Å². The standard InChI is InChI=1S/C6H7.2ClH.Zr/c1-6-4-2-3-5-6;;;/h2-5H,1H3;2*1H;/q-1;;;. The summed E-state index contributed by atoms with van der Waals surface area (Å²) in [6.45, 7) is 2.08. The minimum atomic E-state index is 0. The molecule has 0 unspecified atom stereocenters. The van der Waals surface area contributed by atoms with Gasteiger partial charge in [0.25, 0.3) is 0 Å². The maximum atomic E-state index is 2.08. The molecule has 0 nitrogen and oxygen atoms in total. The van der Waals surface area contributed by atoms with Crippen molar-refractivity contribution in [2.75, 3.05) is 0 Å². The van der Waals surface area contributed by atoms with Gasteiger partial charge in [-0.25, -0.2) is 11.6 Å². The van der Waals surface area contributed by atoms with Crippen LogP contribution in [0.15, 0.2) is 24.3 Å². The van der Waals surface area contributed by atoms with Crippen LogP contribution in [0, 0.1) is 6.92 Å². The summed E-state index contributed by atoms with van der Waals surface area (Å²) in [5.74, 6) is 0. The number of aryl methyl sites for hydroxylation is 1. The minimum Gasteiger partial charge on any atom is -0.211 e. The van der Waals surface area contributed by atoms with Crippen LogP contribution >= 0.6 is 24.8 Å². The predicted molar refractivity (Wildman–Crippen MR) is 41.3 cm³/mol. The van der Waals surface area contributed by atoms with Crippen LogP contribution in [0.2, 0.25) is 0 Å². The van der Waals surface area contributed by atoms with Gasteiger partial charge in [-0.1, -0.05) is 6.92 Å². The Morgan fingerprint density at radius 2 is 1.89 bits per heavy atom. The molecule has 0 N–H and O–H groups in total. The second kappa shape index (κ2) is 8.81. The van der Waals surface area contributed by atoms with Crippen molar-refractivity contribution in [3.8, 4) is 0 Å². The summed E-state index contributed by atoms with van der Waals surface area (Å²) in [6.07, 6.45) is 0. The van der Waals surface area contributed by atoms with Crippen LogP contribution < -0.4 is 0 Å². The van der Waals surface area contributed by atoms with Crippen molar-refractivity contribution in [1.82, 2.24) is 0 Å². The maximum Gasteiger partial charge on any atom is 0 e. The summed E-state index contributed by atoms with van der Waals surface area (Å²) in [5.41, 5.74) is 1.34. The Hall–Kier alpha value is 0.813. The number of halogens is 2. The Kier molecular flexibility index (Phi) is 16.1. The van der Waals surface area contributed by atoms with Gasteiger partial charge in [0.05, 0.1) is 0 Å². The van der Waals surface area contributed by atoms with E-state index in [4.69, 9.17) is 0 Å². The molecular formula is C6H9Cl2Zr-. The van der Waals surface area contributed by atoms with E-state index in [0.717, 1.165) is 0 Å². The van der Waals surface area contributed by atoms with Crippen LogP contribution in [0.25, 0.3) is 0 Å². The van der Waals surface area contributed by atoms with Gasteiger partial charge in [0.15, 0.2) is 0 Å². The number of rotatable bonds is 0. The van der Waals surface area contributed by atoms with E-state index in [0.29, 0.717) is 0 Å². The van der Waals surface area contributed by atoms with Gasteiger partial charge in [0.2, 0.25) is 0 Å². The molecule has 0 aliphatic rings. The molecule has 0 spiro atoms. The van der Waals surface area contributed by atoms with E-state index in [9.17, 15) is 0 Å². The quantitative estimate of drug-likeness (QED) is 0.614. The monoisotopic (exact) mass is 241 g/mol. The van der Waals surface area contributed by atoms with Gasteiger partial charge in [-0.05, 0) is 0 Å². The molecule has 0 saturated heterocycles. The van der Waals surface area contributed by atoms with Gasteiger partial charge in [0, 0.05) is 26.2 Å². The molecule has 52 valence electrons. The van der Waals surface area contributed by atoms with Crippen molar-refractivity contribution < 1.29 is 26.2 Å². The topological polar surface area (TPSA) is 0 Å². The van der Waals surface area contributed by atoms with Crippen LogP contribution in [0.1, 0.15) is 5.56 Å². The molecule has 0 saturated carbocycles. The SMILES string of the molecule is Cc1cc[cH-]c1.Cl.Cl.[Zr]. The van der Waals surface area contributed by atoms with E-state index in [1.165, 1.54) is 5.56 Å². The molecule has 1 aromatic rings. The average molecular weight is 243 g/mol. The van der Waals surface area contributed by atoms with Crippen LogP contribution in [0.5, 0.6) is 0 Å². The van der Waals surface area contributed by atoms with Crippen molar-refractivity contribution in [2.45, 2.75) is 6.92 Å². The molecule has 0 atom stereocenters. The first-order valence-corrected chi connectivity index (χ1v) is 2.08. The molecule has 0 amide bonds. The largest absolute Gasteiger partial charge is 0.211 e. The summed E-state index contributed by atoms with van der Waals surface area (Å²) >= 11 is 0. The van der Waals surface area contributed by atoms with E-state index in [-0.39, 0.29) is 51.0 Å². The van der Waals surface area contributed by atoms with Crippen LogP contribution in [-0.4, -0.2) is 0 Å². The minimum absolute atomic E-state index is 0. The zero-order chi connectivity index (χ0) is 4.41. The Bertz CT molecular complexity index is 115. The maximum absolute atomic E-state index is 2.08. The molecule has 1 rings (SSSR count). The third-order valence-corrected chi connectivity index (χ3v) is 0.829. The second-order valence-corrected chi connectivity index (χ2v) is 1.46. The van der Waals surface area contributed by atoms with E-state index in [1.807, 2.05) is 12.1 Å². The van der Waals surface area contributed by atoms with Crippen molar-refractivity contribution in [2.24, 2.45) is 0 Å². The first-order chi connectivity index (χ1) is 2.89. The summed E-state index contributed by atoms with van der Waals surface area (Å²) in [5, 5.41) is 0.